The van der Waals surface area contributed by atoms with Crippen LogP contribution in [0.25, 0.3) is 11.6 Å². The molecule has 1 aliphatic rings. The quantitative estimate of drug-likeness (QED) is 0.239. The van der Waals surface area contributed by atoms with Crippen molar-refractivity contribution in [3.8, 4) is 0 Å². The molecule has 138 valence electrons. The van der Waals surface area contributed by atoms with Crippen molar-refractivity contribution in [1.29, 1.82) is 0 Å². The van der Waals surface area contributed by atoms with E-state index in [0.29, 0.717) is 0 Å². The van der Waals surface area contributed by atoms with Gasteiger partial charge in [0.25, 0.3) is 20.2 Å². The smallest absolute Gasteiger partial charge is 0.339 e. The van der Waals surface area contributed by atoms with Crippen molar-refractivity contribution >= 4 is 37.7 Å². The monoisotopic (exact) mass is 398 g/mol. The van der Waals surface area contributed by atoms with Crippen LogP contribution in [0.15, 0.2) is 52.6 Å². The summed E-state index contributed by atoms with van der Waals surface area (Å²) in [7, 11) is -9.33. The van der Waals surface area contributed by atoms with Crippen LogP contribution in [0.1, 0.15) is 5.56 Å². The molecule has 26 heavy (non-hydrogen) atoms. The summed E-state index contributed by atoms with van der Waals surface area (Å²) < 4.78 is 64.9. The summed E-state index contributed by atoms with van der Waals surface area (Å²) in [6.45, 7) is 0. The largest absolute Gasteiger partial charge is 0.399 e. The fourth-order valence-corrected chi connectivity index (χ4v) is 4.02. The summed E-state index contributed by atoms with van der Waals surface area (Å²) in [5.74, 6) is 0. The molecule has 0 aliphatic heterocycles. The van der Waals surface area contributed by atoms with Gasteiger partial charge in [0.2, 0.25) is 5.25 Å². The van der Waals surface area contributed by atoms with Gasteiger partial charge in [0.15, 0.2) is 0 Å². The Morgan fingerprint density at radius 2 is 1.73 bits per heavy atom. The maximum Gasteiger partial charge on any atom is 0.339 e. The SMILES string of the molecule is [N-]=[N+]=C1C(N)=CC=C(C=Cc2ccc(N)cc2S(=O)(=O)O)C1S(=O)(=O)O. The normalized spacial score (nSPS) is 18.4. The molecule has 0 radical (unpaired) electrons. The molecule has 1 aromatic carbocycles. The van der Waals surface area contributed by atoms with E-state index in [1.54, 1.807) is 0 Å². The van der Waals surface area contributed by atoms with E-state index in [4.69, 9.17) is 17.0 Å². The molecule has 1 atom stereocenters. The predicted octanol–water partition coefficient (Wildman–Crippen LogP) is 0.239. The average molecular weight is 398 g/mol. The van der Waals surface area contributed by atoms with E-state index in [1.807, 2.05) is 0 Å². The first-order valence-electron chi connectivity index (χ1n) is 6.86. The van der Waals surface area contributed by atoms with E-state index in [1.165, 1.54) is 36.4 Å². The Morgan fingerprint density at radius 1 is 1.08 bits per heavy atom. The molecule has 1 unspecified atom stereocenters. The van der Waals surface area contributed by atoms with Crippen molar-refractivity contribution in [2.45, 2.75) is 10.1 Å². The Kier molecular flexibility index (Phi) is 5.16. The number of hydrogen-bond donors (Lipinski definition) is 4. The van der Waals surface area contributed by atoms with Crippen molar-refractivity contribution in [2.24, 2.45) is 5.73 Å². The maximum atomic E-state index is 11.6. The summed E-state index contributed by atoms with van der Waals surface area (Å²) in [6.07, 6.45) is 4.87. The third-order valence-electron chi connectivity index (χ3n) is 3.48. The molecule has 10 nitrogen and oxygen atoms in total. The van der Waals surface area contributed by atoms with Crippen molar-refractivity contribution in [3.63, 3.8) is 0 Å². The van der Waals surface area contributed by atoms with E-state index < -0.39 is 36.1 Å². The Hall–Kier alpha value is -2.76. The second-order valence-corrected chi connectivity index (χ2v) is 8.17. The van der Waals surface area contributed by atoms with Crippen molar-refractivity contribution < 1.29 is 30.7 Å². The zero-order valence-corrected chi connectivity index (χ0v) is 14.6. The first-order valence-corrected chi connectivity index (χ1v) is 9.80. The van der Waals surface area contributed by atoms with Crippen LogP contribution in [-0.2, 0) is 20.2 Å². The zero-order chi connectivity index (χ0) is 19.7. The van der Waals surface area contributed by atoms with E-state index >= 15 is 0 Å². The Labute approximate surface area is 149 Å². The number of allylic oxidation sites excluding steroid dienone is 4. The first-order chi connectivity index (χ1) is 11.9. The highest BCUT2D eigenvalue weighted by Crippen LogP contribution is 2.25. The third kappa shape index (κ3) is 4.07. The highest BCUT2D eigenvalue weighted by Gasteiger charge is 2.41. The number of anilines is 1. The highest BCUT2D eigenvalue weighted by atomic mass is 32.2. The highest BCUT2D eigenvalue weighted by molar-refractivity contribution is 7.87. The van der Waals surface area contributed by atoms with E-state index in [9.17, 15) is 25.9 Å². The lowest BCUT2D eigenvalue weighted by atomic mass is 9.99. The van der Waals surface area contributed by atoms with Gasteiger partial charge >= 0.3 is 5.71 Å². The van der Waals surface area contributed by atoms with Gasteiger partial charge in [-0.25, -0.2) is 0 Å². The number of hydrogen-bond acceptors (Lipinski definition) is 6. The molecule has 0 bridgehead atoms. The van der Waals surface area contributed by atoms with Gasteiger partial charge in [-0.15, -0.1) is 0 Å². The fraction of sp³-hybridized carbons (Fsp3) is 0.0714. The molecule has 0 amide bonds. The average Bonchev–Trinajstić information content (AvgIpc) is 2.52. The van der Waals surface area contributed by atoms with Gasteiger partial charge < -0.3 is 17.0 Å². The topological polar surface area (TPSA) is 197 Å². The molecule has 0 fully saturated rings. The van der Waals surface area contributed by atoms with Crippen molar-refractivity contribution in [1.82, 2.24) is 0 Å². The van der Waals surface area contributed by atoms with Gasteiger partial charge in [0.05, 0.1) is 0 Å². The Balaban J connectivity index is 2.59. The van der Waals surface area contributed by atoms with Crippen LogP contribution in [0.3, 0.4) is 0 Å². The van der Waals surface area contributed by atoms with Gasteiger partial charge in [-0.1, -0.05) is 24.3 Å². The predicted molar refractivity (Wildman–Crippen MR) is 94.0 cm³/mol. The summed E-state index contributed by atoms with van der Waals surface area (Å²) >= 11 is 0. The van der Waals surface area contributed by atoms with Crippen LogP contribution >= 0.6 is 0 Å². The first kappa shape index (κ1) is 19.6. The van der Waals surface area contributed by atoms with Crippen molar-refractivity contribution in [2.75, 3.05) is 5.73 Å². The molecular formula is C14H14N4O6S2. The second kappa shape index (κ2) is 6.86. The minimum Gasteiger partial charge on any atom is -0.399 e. The van der Waals surface area contributed by atoms with E-state index in [0.717, 1.165) is 6.07 Å². The van der Waals surface area contributed by atoms with Gasteiger partial charge in [0.1, 0.15) is 10.6 Å². The lowest BCUT2D eigenvalue weighted by molar-refractivity contribution is -0.00655. The number of benzene rings is 1. The lowest BCUT2D eigenvalue weighted by Crippen LogP contribution is -2.37. The second-order valence-electron chi connectivity index (χ2n) is 5.27. The van der Waals surface area contributed by atoms with Gasteiger partial charge in [-0.05, 0) is 29.3 Å². The molecule has 2 rings (SSSR count). The number of nitrogens with zero attached hydrogens (tertiary/aromatic N) is 2. The molecular weight excluding hydrogens is 384 g/mol. The summed E-state index contributed by atoms with van der Waals surface area (Å²) in [4.78, 5) is 2.32. The molecule has 1 aliphatic carbocycles. The molecule has 12 heteroatoms. The van der Waals surface area contributed by atoms with E-state index in [2.05, 4.69) is 4.79 Å². The molecule has 0 heterocycles. The fourth-order valence-electron chi connectivity index (χ4n) is 2.33. The van der Waals surface area contributed by atoms with E-state index in [-0.39, 0.29) is 22.5 Å². The zero-order valence-electron chi connectivity index (χ0n) is 13.0. The molecule has 0 saturated heterocycles. The number of nitrogens with two attached hydrogens (primary N) is 2. The summed E-state index contributed by atoms with van der Waals surface area (Å²) in [5, 5.41) is -1.77. The summed E-state index contributed by atoms with van der Waals surface area (Å²) in [6, 6.07) is 3.71. The molecule has 0 saturated carbocycles. The van der Waals surface area contributed by atoms with Crippen LogP contribution in [0.5, 0.6) is 0 Å². The minimum atomic E-state index is -4.74. The molecule has 1 aromatic rings. The van der Waals surface area contributed by atoms with Gasteiger partial charge in [-0.3, -0.25) is 9.11 Å². The van der Waals surface area contributed by atoms with Crippen LogP contribution < -0.4 is 11.5 Å². The molecule has 0 aromatic heterocycles. The Morgan fingerprint density at radius 3 is 2.27 bits per heavy atom. The van der Waals surface area contributed by atoms with Gasteiger partial charge in [-0.2, -0.15) is 21.6 Å². The van der Waals surface area contributed by atoms with Crippen LogP contribution in [-0.4, -0.2) is 41.7 Å². The molecule has 6 N–H and O–H groups in total. The van der Waals surface area contributed by atoms with Crippen LogP contribution in [0, 0.1) is 0 Å². The van der Waals surface area contributed by atoms with Gasteiger partial charge in [0, 0.05) is 5.69 Å². The number of rotatable bonds is 4. The maximum absolute atomic E-state index is 11.6. The standard InChI is InChI=1S/C14H14N4O6S2/c15-10-5-3-8(12(7-10)25(19,20)21)1-2-9-4-6-11(16)13(18-17)14(9)26(22,23)24/h1-7,14H,15-16H2,(H,19,20,21)(H,22,23,24). The van der Waals surface area contributed by atoms with Crippen LogP contribution in [0.4, 0.5) is 5.69 Å². The Bertz CT molecular complexity index is 1110. The van der Waals surface area contributed by atoms with Crippen molar-refractivity contribution in [3.05, 3.63) is 58.8 Å². The lowest BCUT2D eigenvalue weighted by Gasteiger charge is -2.15. The molecule has 0 spiro atoms. The third-order valence-corrected chi connectivity index (χ3v) is 5.48. The number of nitrogen functional groups attached to an aromatic ring is 1. The minimum absolute atomic E-state index is 0.0155. The summed E-state index contributed by atoms with van der Waals surface area (Å²) in [5.41, 5.74) is 19.4. The van der Waals surface area contributed by atoms with Crippen LogP contribution in [0.2, 0.25) is 0 Å².